The highest BCUT2D eigenvalue weighted by atomic mass is 16.7. The molecule has 2 rings (SSSR count). The lowest BCUT2D eigenvalue weighted by Crippen LogP contribution is -2.34. The smallest absolute Gasteiger partial charge is 0.325 e. The van der Waals surface area contributed by atoms with Gasteiger partial charge in [0.25, 0.3) is 11.8 Å². The van der Waals surface area contributed by atoms with Gasteiger partial charge in [-0.25, -0.2) is 0 Å². The van der Waals surface area contributed by atoms with E-state index in [-0.39, 0.29) is 25.9 Å². The quantitative estimate of drug-likeness (QED) is 0.509. The molecule has 0 fully saturated rings. The first-order valence-corrected chi connectivity index (χ1v) is 8.20. The molecule has 0 atom stereocenters. The number of ether oxygens (including phenoxy) is 3. The number of esters is 1. The maximum Gasteiger partial charge on any atom is 0.325 e. The van der Waals surface area contributed by atoms with Crippen molar-refractivity contribution in [3.63, 3.8) is 0 Å². The first-order valence-electron chi connectivity index (χ1n) is 8.20. The van der Waals surface area contributed by atoms with Crippen molar-refractivity contribution in [3.05, 3.63) is 23.8 Å². The summed E-state index contributed by atoms with van der Waals surface area (Å²) >= 11 is 0. The minimum Gasteiger partial charge on any atom is -0.454 e. The molecule has 0 saturated heterocycles. The van der Waals surface area contributed by atoms with Crippen molar-refractivity contribution >= 4 is 17.8 Å². The molecule has 0 spiro atoms. The third kappa shape index (κ3) is 5.98. The van der Waals surface area contributed by atoms with Crippen LogP contribution in [0.1, 0.15) is 36.5 Å². The van der Waals surface area contributed by atoms with E-state index < -0.39 is 11.9 Å². The Morgan fingerprint density at radius 1 is 1.12 bits per heavy atom. The summed E-state index contributed by atoms with van der Waals surface area (Å²) in [7, 11) is 0. The molecule has 8 heteroatoms. The zero-order valence-electron chi connectivity index (χ0n) is 14.1. The molecule has 0 bridgehead atoms. The number of unbranched alkanes of at least 4 members (excludes halogenated alkanes) is 2. The summed E-state index contributed by atoms with van der Waals surface area (Å²) in [5.41, 5.74) is 0.339. The Kier molecular flexibility index (Phi) is 7.06. The van der Waals surface area contributed by atoms with Crippen LogP contribution in [0.15, 0.2) is 18.2 Å². The standard InChI is InChI=1S/C17H22N2O6/c1-2-3-4-7-18-15(20)10-23-16(21)9-19-17(22)12-5-6-13-14(8-12)25-11-24-13/h5-6,8H,2-4,7,9-11H2,1H3,(H,18,20)(H,19,22). The monoisotopic (exact) mass is 350 g/mol. The third-order valence-corrected chi connectivity index (χ3v) is 3.49. The Morgan fingerprint density at radius 2 is 1.92 bits per heavy atom. The van der Waals surface area contributed by atoms with Crippen LogP contribution >= 0.6 is 0 Å². The lowest BCUT2D eigenvalue weighted by atomic mass is 10.2. The molecular formula is C17H22N2O6. The third-order valence-electron chi connectivity index (χ3n) is 3.49. The topological polar surface area (TPSA) is 103 Å². The summed E-state index contributed by atoms with van der Waals surface area (Å²) in [6.45, 7) is 2.07. The van der Waals surface area contributed by atoms with Gasteiger partial charge in [0, 0.05) is 12.1 Å². The largest absolute Gasteiger partial charge is 0.454 e. The van der Waals surface area contributed by atoms with Crippen LogP contribution in [0.5, 0.6) is 11.5 Å². The van der Waals surface area contributed by atoms with Gasteiger partial charge >= 0.3 is 5.97 Å². The van der Waals surface area contributed by atoms with Gasteiger partial charge in [-0.15, -0.1) is 0 Å². The molecule has 1 heterocycles. The molecule has 0 radical (unpaired) electrons. The fourth-order valence-corrected chi connectivity index (χ4v) is 2.14. The van der Waals surface area contributed by atoms with Crippen molar-refractivity contribution in [3.8, 4) is 11.5 Å². The predicted molar refractivity (Wildman–Crippen MR) is 88.4 cm³/mol. The van der Waals surface area contributed by atoms with Gasteiger partial charge in [0.1, 0.15) is 6.54 Å². The van der Waals surface area contributed by atoms with E-state index in [1.807, 2.05) is 0 Å². The fraction of sp³-hybridized carbons (Fsp3) is 0.471. The van der Waals surface area contributed by atoms with Gasteiger partial charge < -0.3 is 24.8 Å². The number of benzene rings is 1. The van der Waals surface area contributed by atoms with Crippen molar-refractivity contribution in [2.75, 3.05) is 26.5 Å². The van der Waals surface area contributed by atoms with Gasteiger partial charge in [0.05, 0.1) is 0 Å². The predicted octanol–water partition coefficient (Wildman–Crippen LogP) is 0.995. The van der Waals surface area contributed by atoms with E-state index in [9.17, 15) is 14.4 Å². The van der Waals surface area contributed by atoms with Crippen molar-refractivity contribution in [1.82, 2.24) is 10.6 Å². The van der Waals surface area contributed by atoms with Crippen molar-refractivity contribution in [2.24, 2.45) is 0 Å². The van der Waals surface area contributed by atoms with Gasteiger partial charge in [-0.1, -0.05) is 19.8 Å². The average molecular weight is 350 g/mol. The van der Waals surface area contributed by atoms with Crippen LogP contribution in [0.25, 0.3) is 0 Å². The number of hydrogen-bond donors (Lipinski definition) is 2. The van der Waals surface area contributed by atoms with Crippen LogP contribution in [0.2, 0.25) is 0 Å². The highest BCUT2D eigenvalue weighted by Crippen LogP contribution is 2.32. The SMILES string of the molecule is CCCCCNC(=O)COC(=O)CNC(=O)c1ccc2c(c1)OCO2. The molecule has 0 aromatic heterocycles. The maximum atomic E-state index is 12.0. The van der Waals surface area contributed by atoms with E-state index in [2.05, 4.69) is 17.6 Å². The molecule has 2 N–H and O–H groups in total. The number of hydrogen-bond acceptors (Lipinski definition) is 6. The second-order valence-electron chi connectivity index (χ2n) is 5.47. The van der Waals surface area contributed by atoms with Gasteiger partial charge in [-0.05, 0) is 24.6 Å². The van der Waals surface area contributed by atoms with E-state index in [1.54, 1.807) is 12.1 Å². The van der Waals surface area contributed by atoms with E-state index in [1.165, 1.54) is 6.07 Å². The maximum absolute atomic E-state index is 12.0. The number of carbonyl (C=O) groups is 3. The molecular weight excluding hydrogens is 328 g/mol. The zero-order valence-corrected chi connectivity index (χ0v) is 14.1. The number of nitrogens with one attached hydrogen (secondary N) is 2. The van der Waals surface area contributed by atoms with Crippen LogP contribution in [-0.2, 0) is 14.3 Å². The first-order chi connectivity index (χ1) is 12.1. The fourth-order valence-electron chi connectivity index (χ4n) is 2.14. The molecule has 1 aliphatic heterocycles. The van der Waals surface area contributed by atoms with Crippen LogP contribution < -0.4 is 20.1 Å². The molecule has 1 aromatic rings. The number of fused-ring (bicyclic) bond motifs is 1. The molecule has 25 heavy (non-hydrogen) atoms. The molecule has 0 saturated carbocycles. The van der Waals surface area contributed by atoms with Crippen molar-refractivity contribution < 1.29 is 28.6 Å². The average Bonchev–Trinajstić information content (AvgIpc) is 3.09. The molecule has 2 amide bonds. The Hall–Kier alpha value is -2.77. The molecule has 8 nitrogen and oxygen atoms in total. The number of amides is 2. The van der Waals surface area contributed by atoms with Crippen LogP contribution in [0.4, 0.5) is 0 Å². The summed E-state index contributed by atoms with van der Waals surface area (Å²) in [6.07, 6.45) is 2.99. The van der Waals surface area contributed by atoms with E-state index >= 15 is 0 Å². The Labute approximate surface area is 145 Å². The summed E-state index contributed by atoms with van der Waals surface area (Å²) in [5.74, 6) is -0.431. The van der Waals surface area contributed by atoms with E-state index in [4.69, 9.17) is 14.2 Å². The summed E-state index contributed by atoms with van der Waals surface area (Å²) in [6, 6.07) is 4.73. The Bertz CT molecular complexity index is 632. The van der Waals surface area contributed by atoms with E-state index in [0.717, 1.165) is 19.3 Å². The zero-order chi connectivity index (χ0) is 18.1. The van der Waals surface area contributed by atoms with Crippen LogP contribution in [0, 0.1) is 0 Å². The highest BCUT2D eigenvalue weighted by Gasteiger charge is 2.17. The van der Waals surface area contributed by atoms with Gasteiger partial charge in [0.2, 0.25) is 6.79 Å². The van der Waals surface area contributed by atoms with Crippen molar-refractivity contribution in [1.29, 1.82) is 0 Å². The Balaban J connectivity index is 1.66. The minimum absolute atomic E-state index is 0.118. The van der Waals surface area contributed by atoms with Crippen LogP contribution in [0.3, 0.4) is 0 Å². The first kappa shape index (κ1) is 18.6. The lowest BCUT2D eigenvalue weighted by Gasteiger charge is -2.08. The highest BCUT2D eigenvalue weighted by molar-refractivity contribution is 5.96. The van der Waals surface area contributed by atoms with Gasteiger partial charge in [-0.3, -0.25) is 14.4 Å². The minimum atomic E-state index is -0.683. The van der Waals surface area contributed by atoms with Gasteiger partial charge in [-0.2, -0.15) is 0 Å². The Morgan fingerprint density at radius 3 is 2.72 bits per heavy atom. The summed E-state index contributed by atoms with van der Waals surface area (Å²) in [4.78, 5) is 35.1. The van der Waals surface area contributed by atoms with Crippen molar-refractivity contribution in [2.45, 2.75) is 26.2 Å². The molecule has 0 aliphatic carbocycles. The van der Waals surface area contributed by atoms with Crippen LogP contribution in [-0.4, -0.2) is 44.3 Å². The normalized spacial score (nSPS) is 11.7. The molecule has 1 aromatic carbocycles. The number of carbonyl (C=O) groups excluding carboxylic acids is 3. The van der Waals surface area contributed by atoms with Gasteiger partial charge in [0.15, 0.2) is 18.1 Å². The lowest BCUT2D eigenvalue weighted by molar-refractivity contribution is -0.147. The molecule has 0 unspecified atom stereocenters. The number of rotatable bonds is 9. The van der Waals surface area contributed by atoms with E-state index in [0.29, 0.717) is 23.6 Å². The molecule has 136 valence electrons. The second-order valence-corrected chi connectivity index (χ2v) is 5.47. The molecule has 1 aliphatic rings. The second kappa shape index (κ2) is 9.51. The summed E-state index contributed by atoms with van der Waals surface area (Å²) in [5, 5.41) is 5.09. The summed E-state index contributed by atoms with van der Waals surface area (Å²) < 4.78 is 15.2.